The number of methoxy groups -OCH3 is 1. The van der Waals surface area contributed by atoms with Gasteiger partial charge in [0.15, 0.2) is 0 Å². The standard InChI is InChI=1S/C22H22O/c1-16-20-10-6-7-11-21(20)22(16,17-8-4-3-5-9-17)18-12-14-19(23-2)15-13-18/h3-5,8-16H,6-7H2,1-2H3. The average Bonchev–Trinajstić information content (AvgIpc) is 2.63. The van der Waals surface area contributed by atoms with Gasteiger partial charge in [0.1, 0.15) is 5.75 Å². The van der Waals surface area contributed by atoms with Crippen LogP contribution in [-0.2, 0) is 5.41 Å². The first-order valence-electron chi connectivity index (χ1n) is 8.39. The van der Waals surface area contributed by atoms with Crippen LogP contribution < -0.4 is 4.74 Å². The molecule has 2 aromatic rings. The van der Waals surface area contributed by atoms with Gasteiger partial charge < -0.3 is 4.74 Å². The molecule has 0 amide bonds. The SMILES string of the molecule is COc1ccc(C2(c3ccccc3)C3=CCCC=C3C2C)cc1. The molecule has 0 aromatic heterocycles. The molecule has 0 spiro atoms. The van der Waals surface area contributed by atoms with Crippen molar-refractivity contribution in [1.29, 1.82) is 0 Å². The van der Waals surface area contributed by atoms with E-state index in [4.69, 9.17) is 4.74 Å². The number of benzene rings is 2. The first-order chi connectivity index (χ1) is 11.3. The van der Waals surface area contributed by atoms with Crippen molar-refractivity contribution in [3.8, 4) is 5.75 Å². The summed E-state index contributed by atoms with van der Waals surface area (Å²) in [6.45, 7) is 2.37. The first kappa shape index (κ1) is 14.3. The minimum Gasteiger partial charge on any atom is -0.497 e. The molecule has 1 heteroatoms. The first-order valence-corrected chi connectivity index (χ1v) is 8.39. The second-order valence-electron chi connectivity index (χ2n) is 6.48. The molecule has 2 aromatic carbocycles. The number of hydrogen-bond acceptors (Lipinski definition) is 1. The Hall–Kier alpha value is -2.28. The third-order valence-corrected chi connectivity index (χ3v) is 5.51. The number of rotatable bonds is 3. The van der Waals surface area contributed by atoms with Crippen LogP contribution in [0.2, 0.25) is 0 Å². The zero-order chi connectivity index (χ0) is 15.9. The Morgan fingerprint density at radius 3 is 2.22 bits per heavy atom. The highest BCUT2D eigenvalue weighted by Crippen LogP contribution is 2.61. The Bertz CT molecular complexity index is 767. The third kappa shape index (κ3) is 1.92. The van der Waals surface area contributed by atoms with Gasteiger partial charge in [-0.1, -0.05) is 61.5 Å². The van der Waals surface area contributed by atoms with Crippen LogP contribution in [0.4, 0.5) is 0 Å². The third-order valence-electron chi connectivity index (χ3n) is 5.51. The summed E-state index contributed by atoms with van der Waals surface area (Å²) in [4.78, 5) is 0. The maximum Gasteiger partial charge on any atom is 0.118 e. The van der Waals surface area contributed by atoms with E-state index in [1.807, 2.05) is 0 Å². The summed E-state index contributed by atoms with van der Waals surface area (Å²) >= 11 is 0. The highest BCUT2D eigenvalue weighted by molar-refractivity contribution is 5.67. The van der Waals surface area contributed by atoms with Crippen molar-refractivity contribution in [1.82, 2.24) is 0 Å². The molecule has 4 rings (SSSR count). The van der Waals surface area contributed by atoms with Crippen LogP contribution in [-0.4, -0.2) is 7.11 Å². The molecular weight excluding hydrogens is 280 g/mol. The van der Waals surface area contributed by atoms with Gasteiger partial charge in [-0.2, -0.15) is 0 Å². The molecule has 2 atom stereocenters. The van der Waals surface area contributed by atoms with E-state index in [-0.39, 0.29) is 5.41 Å². The monoisotopic (exact) mass is 302 g/mol. The Kier molecular flexibility index (Phi) is 3.37. The van der Waals surface area contributed by atoms with Crippen LogP contribution in [0.5, 0.6) is 5.75 Å². The quantitative estimate of drug-likeness (QED) is 0.749. The molecule has 1 fully saturated rings. The van der Waals surface area contributed by atoms with Crippen molar-refractivity contribution >= 4 is 0 Å². The van der Waals surface area contributed by atoms with Gasteiger partial charge in [-0.15, -0.1) is 0 Å². The van der Waals surface area contributed by atoms with Crippen LogP contribution >= 0.6 is 0 Å². The number of ether oxygens (including phenoxy) is 1. The van der Waals surface area contributed by atoms with E-state index in [9.17, 15) is 0 Å². The highest BCUT2D eigenvalue weighted by atomic mass is 16.5. The fraction of sp³-hybridized carbons (Fsp3) is 0.273. The molecule has 0 saturated heterocycles. The molecule has 2 unspecified atom stereocenters. The average molecular weight is 302 g/mol. The molecule has 1 saturated carbocycles. The fourth-order valence-electron chi connectivity index (χ4n) is 4.41. The van der Waals surface area contributed by atoms with Gasteiger partial charge in [0, 0.05) is 0 Å². The minimum absolute atomic E-state index is 0.0141. The molecule has 0 heterocycles. The van der Waals surface area contributed by atoms with E-state index >= 15 is 0 Å². The fourth-order valence-corrected chi connectivity index (χ4v) is 4.41. The summed E-state index contributed by atoms with van der Waals surface area (Å²) in [6.07, 6.45) is 7.21. The smallest absolute Gasteiger partial charge is 0.118 e. The Labute approximate surface area is 138 Å². The van der Waals surface area contributed by atoms with E-state index < -0.39 is 0 Å². The Morgan fingerprint density at radius 1 is 0.870 bits per heavy atom. The molecule has 2 aliphatic carbocycles. The molecule has 0 radical (unpaired) electrons. The van der Waals surface area contributed by atoms with E-state index in [2.05, 4.69) is 73.7 Å². The van der Waals surface area contributed by atoms with Crippen LogP contribution in [0.1, 0.15) is 30.9 Å². The zero-order valence-electron chi connectivity index (χ0n) is 13.8. The molecule has 0 aliphatic heterocycles. The zero-order valence-corrected chi connectivity index (χ0v) is 13.8. The molecule has 116 valence electrons. The number of fused-ring (bicyclic) bond motifs is 1. The predicted octanol–water partition coefficient (Wildman–Crippen LogP) is 5.28. The summed E-state index contributed by atoms with van der Waals surface area (Å²) in [7, 11) is 1.72. The van der Waals surface area contributed by atoms with Gasteiger partial charge in [-0.25, -0.2) is 0 Å². The van der Waals surface area contributed by atoms with Crippen molar-refractivity contribution in [2.75, 3.05) is 7.11 Å². The predicted molar refractivity (Wildman–Crippen MR) is 94.8 cm³/mol. The van der Waals surface area contributed by atoms with Crippen LogP contribution in [0.3, 0.4) is 0 Å². The lowest BCUT2D eigenvalue weighted by Crippen LogP contribution is -2.49. The number of allylic oxidation sites excluding steroid dienone is 4. The normalized spacial score (nSPS) is 25.7. The van der Waals surface area contributed by atoms with Crippen LogP contribution in [0.25, 0.3) is 0 Å². The minimum atomic E-state index is -0.0141. The molecule has 0 bridgehead atoms. The van der Waals surface area contributed by atoms with Gasteiger partial charge in [-0.3, -0.25) is 0 Å². The van der Waals surface area contributed by atoms with Gasteiger partial charge >= 0.3 is 0 Å². The Morgan fingerprint density at radius 2 is 1.52 bits per heavy atom. The Balaban J connectivity index is 1.92. The van der Waals surface area contributed by atoms with E-state index in [0.29, 0.717) is 5.92 Å². The van der Waals surface area contributed by atoms with Crippen molar-refractivity contribution in [2.45, 2.75) is 25.2 Å². The molecular formula is C22H22O. The molecule has 23 heavy (non-hydrogen) atoms. The van der Waals surface area contributed by atoms with Gasteiger partial charge in [0.2, 0.25) is 0 Å². The topological polar surface area (TPSA) is 9.23 Å². The lowest BCUT2D eigenvalue weighted by Gasteiger charge is -2.55. The molecule has 0 N–H and O–H groups in total. The maximum absolute atomic E-state index is 5.35. The second kappa shape index (κ2) is 5.42. The summed E-state index contributed by atoms with van der Waals surface area (Å²) in [5.74, 6) is 1.42. The van der Waals surface area contributed by atoms with Crippen molar-refractivity contribution in [3.05, 3.63) is 89.0 Å². The van der Waals surface area contributed by atoms with E-state index in [1.54, 1.807) is 7.11 Å². The van der Waals surface area contributed by atoms with Crippen molar-refractivity contribution in [2.24, 2.45) is 5.92 Å². The highest BCUT2D eigenvalue weighted by Gasteiger charge is 2.54. The van der Waals surface area contributed by atoms with Crippen LogP contribution in [0.15, 0.2) is 77.9 Å². The van der Waals surface area contributed by atoms with E-state index in [0.717, 1.165) is 12.2 Å². The lowest BCUT2D eigenvalue weighted by atomic mass is 9.47. The summed E-state index contributed by atoms with van der Waals surface area (Å²) in [5.41, 5.74) is 5.79. The van der Waals surface area contributed by atoms with Crippen LogP contribution in [0, 0.1) is 5.92 Å². The summed E-state index contributed by atoms with van der Waals surface area (Å²) in [6, 6.07) is 19.6. The van der Waals surface area contributed by atoms with E-state index in [1.165, 1.54) is 28.7 Å². The van der Waals surface area contributed by atoms with Crippen molar-refractivity contribution in [3.63, 3.8) is 0 Å². The van der Waals surface area contributed by atoms with Gasteiger partial charge in [0.05, 0.1) is 12.5 Å². The summed E-state index contributed by atoms with van der Waals surface area (Å²) in [5, 5.41) is 0. The van der Waals surface area contributed by atoms with Gasteiger partial charge in [0.25, 0.3) is 0 Å². The lowest BCUT2D eigenvalue weighted by molar-refractivity contribution is 0.370. The number of hydrogen-bond donors (Lipinski definition) is 0. The second-order valence-corrected chi connectivity index (χ2v) is 6.48. The maximum atomic E-state index is 5.35. The largest absolute Gasteiger partial charge is 0.497 e. The molecule has 2 aliphatic rings. The molecule has 1 nitrogen and oxygen atoms in total. The van der Waals surface area contributed by atoms with Crippen molar-refractivity contribution < 1.29 is 4.74 Å². The van der Waals surface area contributed by atoms with Gasteiger partial charge in [-0.05, 0) is 53.2 Å². The summed E-state index contributed by atoms with van der Waals surface area (Å²) < 4.78 is 5.35.